The van der Waals surface area contributed by atoms with Gasteiger partial charge in [0, 0.05) is 56.4 Å². The maximum atomic E-state index is 13.2. The van der Waals surface area contributed by atoms with Crippen LogP contribution in [-0.2, 0) is 22.6 Å². The number of hydrogen-bond donors (Lipinski definition) is 0. The van der Waals surface area contributed by atoms with E-state index in [1.165, 1.54) is 19.3 Å². The van der Waals surface area contributed by atoms with E-state index < -0.39 is 0 Å². The van der Waals surface area contributed by atoms with Crippen LogP contribution in [-0.4, -0.2) is 84.2 Å². The van der Waals surface area contributed by atoms with Crippen LogP contribution in [0.25, 0.3) is 0 Å². The summed E-state index contributed by atoms with van der Waals surface area (Å²) in [5, 5.41) is 0. The fraction of sp³-hybridized carbons (Fsp3) is 0.739. The molecule has 0 saturated carbocycles. The molecule has 5 heterocycles. The van der Waals surface area contributed by atoms with E-state index in [1.807, 2.05) is 9.47 Å². The zero-order valence-corrected chi connectivity index (χ0v) is 17.9. The van der Waals surface area contributed by atoms with E-state index in [2.05, 4.69) is 21.9 Å². The number of morpholine rings is 1. The SMILES string of the molecule is O=C(CN1CCOCC1)N1C[C@@H]2C[C@H](C1)c1ccc(CN3CCCCC3)c(=O)n1C2. The Labute approximate surface area is 178 Å². The minimum Gasteiger partial charge on any atom is -0.379 e. The molecular weight excluding hydrogens is 380 g/mol. The Morgan fingerprint density at radius 3 is 2.57 bits per heavy atom. The van der Waals surface area contributed by atoms with Crippen LogP contribution in [0.2, 0.25) is 0 Å². The number of carbonyl (C=O) groups excluding carboxylic acids is 1. The first-order chi connectivity index (χ1) is 14.7. The zero-order chi connectivity index (χ0) is 20.5. The number of hydrogen-bond acceptors (Lipinski definition) is 5. The standard InChI is InChI=1S/C23H34N4O3/c28-22(17-25-8-10-30-11-9-25)26-13-18-12-20(16-26)21-5-4-19(23(29)27(21)14-18)15-24-6-2-1-3-7-24/h4-5,18,20H,1-3,6-17H2/t18-,20+/m0/s1. The molecule has 0 unspecified atom stereocenters. The van der Waals surface area contributed by atoms with Crippen LogP contribution in [0.4, 0.5) is 0 Å². The second-order valence-corrected chi connectivity index (χ2v) is 9.52. The molecule has 2 atom stereocenters. The number of piperidine rings is 2. The molecule has 30 heavy (non-hydrogen) atoms. The number of carbonyl (C=O) groups is 1. The number of rotatable bonds is 4. The Kier molecular flexibility index (Phi) is 5.94. The predicted octanol–water partition coefficient (Wildman–Crippen LogP) is 1.11. The molecule has 1 aromatic rings. The van der Waals surface area contributed by atoms with Crippen LogP contribution in [0.5, 0.6) is 0 Å². The molecule has 3 fully saturated rings. The monoisotopic (exact) mass is 414 g/mol. The largest absolute Gasteiger partial charge is 0.379 e. The lowest BCUT2D eigenvalue weighted by Gasteiger charge is -2.43. The van der Waals surface area contributed by atoms with Crippen molar-refractivity contribution in [3.8, 4) is 0 Å². The Morgan fingerprint density at radius 1 is 0.967 bits per heavy atom. The van der Waals surface area contributed by atoms with Gasteiger partial charge in [0.05, 0.1) is 19.8 Å². The number of aromatic nitrogens is 1. The maximum Gasteiger partial charge on any atom is 0.255 e. The van der Waals surface area contributed by atoms with Crippen LogP contribution >= 0.6 is 0 Å². The molecular formula is C23H34N4O3. The van der Waals surface area contributed by atoms with E-state index in [0.717, 1.165) is 70.0 Å². The lowest BCUT2D eigenvalue weighted by atomic mass is 9.83. The third-order valence-electron chi connectivity index (χ3n) is 7.34. The van der Waals surface area contributed by atoms with Crippen LogP contribution < -0.4 is 5.56 Å². The molecule has 164 valence electrons. The molecule has 1 amide bonds. The minimum atomic E-state index is 0.195. The fourth-order valence-corrected chi connectivity index (χ4v) is 5.72. The molecule has 3 saturated heterocycles. The molecule has 4 aliphatic rings. The first-order valence-corrected chi connectivity index (χ1v) is 11.7. The quantitative estimate of drug-likeness (QED) is 0.739. The second kappa shape index (κ2) is 8.81. The van der Waals surface area contributed by atoms with Gasteiger partial charge < -0.3 is 14.2 Å². The zero-order valence-electron chi connectivity index (χ0n) is 17.9. The Balaban J connectivity index is 1.28. The van der Waals surface area contributed by atoms with Gasteiger partial charge in [-0.2, -0.15) is 0 Å². The van der Waals surface area contributed by atoms with E-state index in [0.29, 0.717) is 25.7 Å². The first kappa shape index (κ1) is 20.2. The number of amides is 1. The van der Waals surface area contributed by atoms with Crippen molar-refractivity contribution in [2.24, 2.45) is 5.92 Å². The van der Waals surface area contributed by atoms with Crippen LogP contribution in [0, 0.1) is 5.92 Å². The molecule has 0 radical (unpaired) electrons. The number of fused-ring (bicyclic) bond motifs is 4. The number of ether oxygens (including phenoxy) is 1. The minimum absolute atomic E-state index is 0.195. The van der Waals surface area contributed by atoms with Crippen molar-refractivity contribution in [3.63, 3.8) is 0 Å². The second-order valence-electron chi connectivity index (χ2n) is 9.52. The van der Waals surface area contributed by atoms with Gasteiger partial charge in [0.1, 0.15) is 0 Å². The van der Waals surface area contributed by atoms with Gasteiger partial charge in [0.2, 0.25) is 5.91 Å². The normalized spacial score (nSPS) is 27.7. The van der Waals surface area contributed by atoms with Crippen molar-refractivity contribution < 1.29 is 9.53 Å². The van der Waals surface area contributed by atoms with Crippen molar-refractivity contribution in [1.82, 2.24) is 19.3 Å². The maximum absolute atomic E-state index is 13.2. The van der Waals surface area contributed by atoms with E-state index in [1.54, 1.807) is 0 Å². The summed E-state index contributed by atoms with van der Waals surface area (Å²) < 4.78 is 7.42. The Hall–Kier alpha value is -1.70. The van der Waals surface area contributed by atoms with Crippen LogP contribution in [0.3, 0.4) is 0 Å². The van der Waals surface area contributed by atoms with E-state index >= 15 is 0 Å². The van der Waals surface area contributed by atoms with Gasteiger partial charge in [0.25, 0.3) is 5.56 Å². The molecule has 0 N–H and O–H groups in total. The van der Waals surface area contributed by atoms with Gasteiger partial charge in [-0.1, -0.05) is 12.5 Å². The highest BCUT2D eigenvalue weighted by Crippen LogP contribution is 2.35. The van der Waals surface area contributed by atoms with Crippen molar-refractivity contribution in [3.05, 3.63) is 33.7 Å². The number of nitrogens with zero attached hydrogens (tertiary/aromatic N) is 4. The van der Waals surface area contributed by atoms with Crippen molar-refractivity contribution in [2.45, 2.75) is 44.7 Å². The summed E-state index contributed by atoms with van der Waals surface area (Å²) in [5.41, 5.74) is 2.25. The highest BCUT2D eigenvalue weighted by molar-refractivity contribution is 5.78. The highest BCUT2D eigenvalue weighted by Gasteiger charge is 2.37. The van der Waals surface area contributed by atoms with Crippen LogP contribution in [0.1, 0.15) is 42.9 Å². The molecule has 5 rings (SSSR count). The number of likely N-dealkylation sites (tertiary alicyclic amines) is 2. The summed E-state index contributed by atoms with van der Waals surface area (Å²) in [6.07, 6.45) is 4.88. The third-order valence-corrected chi connectivity index (χ3v) is 7.34. The molecule has 2 bridgehead atoms. The van der Waals surface area contributed by atoms with E-state index in [4.69, 9.17) is 4.74 Å². The Morgan fingerprint density at radius 2 is 1.77 bits per heavy atom. The molecule has 7 heteroatoms. The summed E-state index contributed by atoms with van der Waals surface area (Å²) in [5.74, 6) is 0.889. The molecule has 1 aromatic heterocycles. The van der Waals surface area contributed by atoms with Gasteiger partial charge in [-0.15, -0.1) is 0 Å². The summed E-state index contributed by atoms with van der Waals surface area (Å²) in [7, 11) is 0. The smallest absolute Gasteiger partial charge is 0.255 e. The van der Waals surface area contributed by atoms with E-state index in [-0.39, 0.29) is 17.4 Å². The Bertz CT molecular complexity index is 826. The van der Waals surface area contributed by atoms with E-state index in [9.17, 15) is 9.59 Å². The van der Waals surface area contributed by atoms with Crippen molar-refractivity contribution in [2.75, 3.05) is 59.0 Å². The van der Waals surface area contributed by atoms with Gasteiger partial charge >= 0.3 is 0 Å². The summed E-state index contributed by atoms with van der Waals surface area (Å²) in [6, 6.07) is 4.22. The predicted molar refractivity (Wildman–Crippen MR) is 115 cm³/mol. The summed E-state index contributed by atoms with van der Waals surface area (Å²) in [6.45, 7) is 8.85. The topological polar surface area (TPSA) is 58.0 Å². The molecule has 7 nitrogen and oxygen atoms in total. The van der Waals surface area contributed by atoms with Gasteiger partial charge in [-0.3, -0.25) is 19.4 Å². The molecule has 0 aromatic carbocycles. The van der Waals surface area contributed by atoms with Crippen LogP contribution in [0.15, 0.2) is 16.9 Å². The van der Waals surface area contributed by atoms with Crippen molar-refractivity contribution >= 4 is 5.91 Å². The lowest BCUT2D eigenvalue weighted by Crippen LogP contribution is -2.52. The van der Waals surface area contributed by atoms with Gasteiger partial charge in [-0.25, -0.2) is 0 Å². The highest BCUT2D eigenvalue weighted by atomic mass is 16.5. The number of pyridine rings is 1. The average Bonchev–Trinajstić information content (AvgIpc) is 2.77. The molecule has 4 aliphatic heterocycles. The van der Waals surface area contributed by atoms with Crippen molar-refractivity contribution in [1.29, 1.82) is 0 Å². The lowest BCUT2D eigenvalue weighted by molar-refractivity contribution is -0.136. The summed E-state index contributed by atoms with van der Waals surface area (Å²) >= 11 is 0. The molecule has 0 spiro atoms. The van der Waals surface area contributed by atoms with Gasteiger partial charge in [-0.05, 0) is 44.3 Å². The van der Waals surface area contributed by atoms with Gasteiger partial charge in [0.15, 0.2) is 0 Å². The molecule has 0 aliphatic carbocycles. The fourth-order valence-electron chi connectivity index (χ4n) is 5.72. The summed E-state index contributed by atoms with van der Waals surface area (Å²) in [4.78, 5) is 32.8. The first-order valence-electron chi connectivity index (χ1n) is 11.7. The average molecular weight is 415 g/mol. The third kappa shape index (κ3) is 4.20.